The Morgan fingerprint density at radius 1 is 1.23 bits per heavy atom. The molecule has 0 unspecified atom stereocenters. The molecule has 1 aliphatic heterocycles. The molecule has 0 radical (unpaired) electrons. The number of hydrogen-bond acceptors (Lipinski definition) is 3. The van der Waals surface area contributed by atoms with Crippen LogP contribution in [0, 0.1) is 0 Å². The van der Waals surface area contributed by atoms with Gasteiger partial charge in [-0.05, 0) is 17.5 Å². The number of aliphatic hydroxyl groups excluding tert-OH is 1. The van der Waals surface area contributed by atoms with Crippen LogP contribution >= 0.6 is 0 Å². The number of aliphatic hydroxyl groups is 1. The van der Waals surface area contributed by atoms with Gasteiger partial charge in [-0.25, -0.2) is 0 Å². The summed E-state index contributed by atoms with van der Waals surface area (Å²) in [7, 11) is 0. The lowest BCUT2D eigenvalue weighted by Crippen LogP contribution is -2.56. The van der Waals surface area contributed by atoms with Crippen molar-refractivity contribution in [1.82, 2.24) is 9.80 Å². The number of benzene rings is 1. The van der Waals surface area contributed by atoms with E-state index in [1.165, 1.54) is 0 Å². The molecule has 120 valence electrons. The maximum atomic E-state index is 12.4. The third-order valence-corrected chi connectivity index (χ3v) is 4.35. The number of hydrogen-bond donors (Lipinski definition) is 1. The average molecular weight is 314 g/mol. The van der Waals surface area contributed by atoms with E-state index in [9.17, 15) is 23.1 Å². The first-order chi connectivity index (χ1) is 10.3. The van der Waals surface area contributed by atoms with Gasteiger partial charge >= 0.3 is 6.18 Å². The predicted octanol–water partition coefficient (Wildman–Crippen LogP) is 1.35. The van der Waals surface area contributed by atoms with Crippen LogP contribution in [0.2, 0.25) is 0 Å². The number of rotatable bonds is 2. The van der Waals surface area contributed by atoms with Crippen molar-refractivity contribution in [2.24, 2.45) is 0 Å². The van der Waals surface area contributed by atoms with Crippen molar-refractivity contribution in [2.75, 3.05) is 26.2 Å². The standard InChI is InChI=1S/C15H17F3N2O2/c16-15(17,18)9-20-6-5-19(8-13(20)21)12-7-10-3-1-2-4-11(10)14(12)22/h1-4,12,14,22H,5-9H2/t12-,14+/m1/s1. The van der Waals surface area contributed by atoms with E-state index in [2.05, 4.69) is 0 Å². The highest BCUT2D eigenvalue weighted by Gasteiger charge is 2.40. The minimum absolute atomic E-state index is 0.0396. The lowest BCUT2D eigenvalue weighted by molar-refractivity contribution is -0.167. The van der Waals surface area contributed by atoms with Gasteiger partial charge in [-0.2, -0.15) is 13.2 Å². The van der Waals surface area contributed by atoms with Gasteiger partial charge in [0.1, 0.15) is 6.54 Å². The van der Waals surface area contributed by atoms with Gasteiger partial charge in [-0.1, -0.05) is 24.3 Å². The van der Waals surface area contributed by atoms with Crippen LogP contribution in [0.3, 0.4) is 0 Å². The van der Waals surface area contributed by atoms with Crippen LogP contribution in [0.15, 0.2) is 24.3 Å². The molecule has 1 aromatic rings. The van der Waals surface area contributed by atoms with Gasteiger partial charge in [0.15, 0.2) is 0 Å². The van der Waals surface area contributed by atoms with E-state index in [0.29, 0.717) is 13.0 Å². The predicted molar refractivity (Wildman–Crippen MR) is 73.1 cm³/mol. The van der Waals surface area contributed by atoms with Crippen molar-refractivity contribution < 1.29 is 23.1 Å². The number of halogens is 3. The first-order valence-electron chi connectivity index (χ1n) is 7.19. The third-order valence-electron chi connectivity index (χ3n) is 4.35. The van der Waals surface area contributed by atoms with Crippen LogP contribution in [-0.2, 0) is 11.2 Å². The van der Waals surface area contributed by atoms with Crippen molar-refractivity contribution in [2.45, 2.75) is 24.7 Å². The van der Waals surface area contributed by atoms with E-state index in [0.717, 1.165) is 16.0 Å². The SMILES string of the molecule is O=C1CN([C@@H]2Cc3ccccc3[C@@H]2O)CCN1CC(F)(F)F. The fourth-order valence-electron chi connectivity index (χ4n) is 3.28. The molecule has 0 aromatic heterocycles. The Bertz CT molecular complexity index is 576. The van der Waals surface area contributed by atoms with E-state index in [1.807, 2.05) is 24.3 Å². The molecule has 1 fully saturated rings. The fraction of sp³-hybridized carbons (Fsp3) is 0.533. The lowest BCUT2D eigenvalue weighted by atomic mass is 10.1. The van der Waals surface area contributed by atoms with Crippen molar-refractivity contribution in [3.63, 3.8) is 0 Å². The van der Waals surface area contributed by atoms with Gasteiger partial charge in [0.05, 0.1) is 12.6 Å². The van der Waals surface area contributed by atoms with Crippen molar-refractivity contribution in [3.8, 4) is 0 Å². The second-order valence-corrected chi connectivity index (χ2v) is 5.82. The number of fused-ring (bicyclic) bond motifs is 1. The molecule has 1 N–H and O–H groups in total. The highest BCUT2D eigenvalue weighted by Crippen LogP contribution is 2.34. The molecule has 1 amide bonds. The molecule has 1 aliphatic carbocycles. The molecule has 1 aromatic carbocycles. The Morgan fingerprint density at radius 2 is 1.95 bits per heavy atom. The third kappa shape index (κ3) is 2.96. The number of amides is 1. The summed E-state index contributed by atoms with van der Waals surface area (Å²) in [4.78, 5) is 14.6. The topological polar surface area (TPSA) is 43.8 Å². The quantitative estimate of drug-likeness (QED) is 0.896. The summed E-state index contributed by atoms with van der Waals surface area (Å²) in [6.45, 7) is -0.894. The van der Waals surface area contributed by atoms with Crippen LogP contribution in [0.4, 0.5) is 13.2 Å². The average Bonchev–Trinajstić information content (AvgIpc) is 2.78. The van der Waals surface area contributed by atoms with E-state index in [-0.39, 0.29) is 19.1 Å². The lowest BCUT2D eigenvalue weighted by Gasteiger charge is -2.38. The largest absolute Gasteiger partial charge is 0.406 e. The highest BCUT2D eigenvalue weighted by atomic mass is 19.4. The van der Waals surface area contributed by atoms with Gasteiger partial charge in [0.25, 0.3) is 0 Å². The fourth-order valence-corrected chi connectivity index (χ4v) is 3.28. The molecule has 2 aliphatic rings. The molecular weight excluding hydrogens is 297 g/mol. The van der Waals surface area contributed by atoms with Crippen molar-refractivity contribution in [3.05, 3.63) is 35.4 Å². The summed E-state index contributed by atoms with van der Waals surface area (Å²) in [5, 5.41) is 10.4. The van der Waals surface area contributed by atoms with Crippen LogP contribution in [0.5, 0.6) is 0 Å². The number of piperazine rings is 1. The normalized spacial score (nSPS) is 26.4. The molecule has 0 saturated carbocycles. The van der Waals surface area contributed by atoms with E-state index >= 15 is 0 Å². The van der Waals surface area contributed by atoms with Crippen LogP contribution in [-0.4, -0.2) is 59.2 Å². The summed E-state index contributed by atoms with van der Waals surface area (Å²) in [5.74, 6) is -0.535. The van der Waals surface area contributed by atoms with Crippen LogP contribution in [0.1, 0.15) is 17.2 Å². The molecule has 0 bridgehead atoms. The van der Waals surface area contributed by atoms with Gasteiger partial charge in [-0.3, -0.25) is 9.69 Å². The smallest absolute Gasteiger partial charge is 0.387 e. The maximum Gasteiger partial charge on any atom is 0.406 e. The summed E-state index contributed by atoms with van der Waals surface area (Å²) >= 11 is 0. The number of carbonyl (C=O) groups excluding carboxylic acids is 1. The first kappa shape index (κ1) is 15.3. The number of nitrogens with zero attached hydrogens (tertiary/aromatic N) is 2. The van der Waals surface area contributed by atoms with Crippen molar-refractivity contribution in [1.29, 1.82) is 0 Å². The molecule has 1 heterocycles. The summed E-state index contributed by atoms with van der Waals surface area (Å²) in [6, 6.07) is 7.27. The monoisotopic (exact) mass is 314 g/mol. The summed E-state index contributed by atoms with van der Waals surface area (Å²) in [6.07, 6.45) is -4.46. The zero-order valence-corrected chi connectivity index (χ0v) is 11.9. The van der Waals surface area contributed by atoms with Gasteiger partial charge < -0.3 is 10.0 Å². The second kappa shape index (κ2) is 5.55. The highest BCUT2D eigenvalue weighted by molar-refractivity contribution is 5.79. The van der Waals surface area contributed by atoms with E-state index in [4.69, 9.17) is 0 Å². The van der Waals surface area contributed by atoms with Crippen molar-refractivity contribution >= 4 is 5.91 Å². The van der Waals surface area contributed by atoms with E-state index in [1.54, 1.807) is 4.90 Å². The van der Waals surface area contributed by atoms with Gasteiger partial charge in [0.2, 0.25) is 5.91 Å². The molecule has 22 heavy (non-hydrogen) atoms. The zero-order chi connectivity index (χ0) is 15.9. The Kier molecular flexibility index (Phi) is 3.86. The second-order valence-electron chi connectivity index (χ2n) is 5.82. The molecule has 0 spiro atoms. The molecule has 7 heteroatoms. The Morgan fingerprint density at radius 3 is 2.59 bits per heavy atom. The van der Waals surface area contributed by atoms with E-state index < -0.39 is 24.7 Å². The van der Waals surface area contributed by atoms with Gasteiger partial charge in [0, 0.05) is 19.1 Å². The number of carbonyl (C=O) groups is 1. The van der Waals surface area contributed by atoms with Gasteiger partial charge in [-0.15, -0.1) is 0 Å². The molecule has 2 atom stereocenters. The molecule has 4 nitrogen and oxygen atoms in total. The minimum Gasteiger partial charge on any atom is -0.387 e. The maximum absolute atomic E-state index is 12.4. The molecule has 3 rings (SSSR count). The van der Waals surface area contributed by atoms with Crippen LogP contribution in [0.25, 0.3) is 0 Å². The minimum atomic E-state index is -4.37. The van der Waals surface area contributed by atoms with Crippen LogP contribution < -0.4 is 0 Å². The summed E-state index contributed by atoms with van der Waals surface area (Å²) in [5.41, 5.74) is 1.88. The zero-order valence-electron chi connectivity index (χ0n) is 11.9. The summed E-state index contributed by atoms with van der Waals surface area (Å²) < 4.78 is 37.2. The Balaban J connectivity index is 1.66. The first-order valence-corrected chi connectivity index (χ1v) is 7.19. The Hall–Kier alpha value is -1.60. The molecule has 1 saturated heterocycles. The Labute approximate surface area is 126 Å². The molecular formula is C15H17F3N2O2. The number of alkyl halides is 3.